The number of hydrogen-bond donors (Lipinski definition) is 2. The smallest absolute Gasteiger partial charge is 0.220 e. The Hall–Kier alpha value is -0.870. The summed E-state index contributed by atoms with van der Waals surface area (Å²) in [4.78, 5) is 12.6. The third-order valence-electron chi connectivity index (χ3n) is 2.10. The number of amides is 1. The van der Waals surface area contributed by atoms with Crippen LogP contribution in [0.25, 0.3) is 0 Å². The van der Waals surface area contributed by atoms with E-state index >= 15 is 0 Å². The monoisotopic (exact) mass is 226 g/mol. The van der Waals surface area contributed by atoms with Gasteiger partial charge in [-0.3, -0.25) is 4.79 Å². The van der Waals surface area contributed by atoms with Crippen LogP contribution in [0.4, 0.5) is 0 Å². The molecule has 1 aromatic rings. The summed E-state index contributed by atoms with van der Waals surface area (Å²) in [5.74, 6) is 0.115. The molecular formula is C11H18N2OS. The minimum atomic E-state index is 0.115. The van der Waals surface area contributed by atoms with E-state index in [1.54, 1.807) is 11.3 Å². The van der Waals surface area contributed by atoms with Gasteiger partial charge in [0.1, 0.15) is 0 Å². The number of carbonyl (C=O) groups excluding carboxylic acids is 1. The highest BCUT2D eigenvalue weighted by molar-refractivity contribution is 7.09. The number of carbonyl (C=O) groups is 1. The molecule has 1 unspecified atom stereocenters. The van der Waals surface area contributed by atoms with Crippen LogP contribution in [0, 0.1) is 0 Å². The molecule has 0 bridgehead atoms. The van der Waals surface area contributed by atoms with Crippen molar-refractivity contribution < 1.29 is 4.79 Å². The number of nitrogens with two attached hydrogens (primary N) is 1. The Balaban J connectivity index is 2.09. The summed E-state index contributed by atoms with van der Waals surface area (Å²) in [6.45, 7) is 2.62. The van der Waals surface area contributed by atoms with Gasteiger partial charge < -0.3 is 11.1 Å². The lowest BCUT2D eigenvalue weighted by Crippen LogP contribution is -2.28. The van der Waals surface area contributed by atoms with Gasteiger partial charge >= 0.3 is 0 Å². The van der Waals surface area contributed by atoms with Crippen molar-refractivity contribution in [1.82, 2.24) is 5.32 Å². The summed E-state index contributed by atoms with van der Waals surface area (Å²) in [6, 6.07) is 4.22. The van der Waals surface area contributed by atoms with E-state index in [1.807, 2.05) is 18.4 Å². The number of aryl methyl sites for hydroxylation is 1. The van der Waals surface area contributed by atoms with E-state index in [0.717, 1.165) is 12.8 Å². The van der Waals surface area contributed by atoms with Gasteiger partial charge in [0.05, 0.1) is 0 Å². The molecule has 1 atom stereocenters. The van der Waals surface area contributed by atoms with Gasteiger partial charge in [-0.25, -0.2) is 0 Å². The number of hydrogen-bond acceptors (Lipinski definition) is 3. The molecule has 0 aromatic carbocycles. The second-order valence-electron chi connectivity index (χ2n) is 3.70. The van der Waals surface area contributed by atoms with Crippen molar-refractivity contribution in [3.8, 4) is 0 Å². The van der Waals surface area contributed by atoms with Gasteiger partial charge in [-0.05, 0) is 31.2 Å². The normalized spacial score (nSPS) is 12.4. The molecule has 0 aliphatic carbocycles. The molecule has 3 N–H and O–H groups in total. The second-order valence-corrected chi connectivity index (χ2v) is 4.73. The highest BCUT2D eigenvalue weighted by atomic mass is 32.1. The molecule has 84 valence electrons. The molecule has 1 rings (SSSR count). The highest BCUT2D eigenvalue weighted by Gasteiger charge is 2.02. The fourth-order valence-electron chi connectivity index (χ4n) is 1.22. The minimum Gasteiger partial charge on any atom is -0.356 e. The van der Waals surface area contributed by atoms with Crippen molar-refractivity contribution in [2.24, 2.45) is 5.73 Å². The van der Waals surface area contributed by atoms with E-state index in [2.05, 4.69) is 11.4 Å². The molecule has 0 aliphatic rings. The van der Waals surface area contributed by atoms with Crippen LogP contribution in [0.5, 0.6) is 0 Å². The van der Waals surface area contributed by atoms with Crippen LogP contribution >= 0.6 is 11.3 Å². The predicted octanol–water partition coefficient (Wildman–Crippen LogP) is 1.53. The van der Waals surface area contributed by atoms with E-state index in [9.17, 15) is 4.79 Å². The van der Waals surface area contributed by atoms with Crippen LogP contribution in [-0.2, 0) is 11.2 Å². The van der Waals surface area contributed by atoms with E-state index in [0.29, 0.717) is 13.0 Å². The van der Waals surface area contributed by atoms with Crippen molar-refractivity contribution in [2.45, 2.75) is 32.2 Å². The summed E-state index contributed by atoms with van der Waals surface area (Å²) in [5, 5.41) is 4.89. The predicted molar refractivity (Wildman–Crippen MR) is 63.9 cm³/mol. The number of rotatable bonds is 6. The van der Waals surface area contributed by atoms with E-state index in [4.69, 9.17) is 5.73 Å². The average molecular weight is 226 g/mol. The van der Waals surface area contributed by atoms with Crippen LogP contribution in [0.1, 0.15) is 24.6 Å². The van der Waals surface area contributed by atoms with Crippen molar-refractivity contribution >= 4 is 17.2 Å². The first-order valence-electron chi connectivity index (χ1n) is 5.23. The summed E-state index contributed by atoms with van der Waals surface area (Å²) < 4.78 is 0. The average Bonchev–Trinajstić information content (AvgIpc) is 2.66. The maximum Gasteiger partial charge on any atom is 0.220 e. The molecular weight excluding hydrogens is 208 g/mol. The Kier molecular flexibility index (Phi) is 5.36. The molecule has 15 heavy (non-hydrogen) atoms. The third-order valence-corrected chi connectivity index (χ3v) is 3.04. The number of nitrogens with one attached hydrogen (secondary N) is 1. The lowest BCUT2D eigenvalue weighted by molar-refractivity contribution is -0.121. The Bertz CT molecular complexity index is 283. The highest BCUT2D eigenvalue weighted by Crippen LogP contribution is 2.10. The van der Waals surface area contributed by atoms with Crippen LogP contribution in [0.3, 0.4) is 0 Å². The van der Waals surface area contributed by atoms with Gasteiger partial charge in [0, 0.05) is 23.9 Å². The molecule has 0 spiro atoms. The largest absolute Gasteiger partial charge is 0.356 e. The fraction of sp³-hybridized carbons (Fsp3) is 0.545. The summed E-state index contributed by atoms with van der Waals surface area (Å²) in [7, 11) is 0. The van der Waals surface area contributed by atoms with Gasteiger partial charge in [0.25, 0.3) is 0 Å². The first-order chi connectivity index (χ1) is 7.18. The first kappa shape index (κ1) is 12.2. The summed E-state index contributed by atoms with van der Waals surface area (Å²) in [6.07, 6.45) is 2.24. The Labute approximate surface area is 94.7 Å². The molecule has 0 radical (unpaired) electrons. The SMILES string of the molecule is CC(N)CCNC(=O)CCc1cccs1. The maximum absolute atomic E-state index is 11.4. The van der Waals surface area contributed by atoms with Crippen LogP contribution in [0.15, 0.2) is 17.5 Å². The third kappa shape index (κ3) is 5.54. The molecule has 0 fully saturated rings. The zero-order valence-corrected chi connectivity index (χ0v) is 9.85. The summed E-state index contributed by atoms with van der Waals surface area (Å²) >= 11 is 1.69. The van der Waals surface area contributed by atoms with Crippen LogP contribution < -0.4 is 11.1 Å². The van der Waals surface area contributed by atoms with E-state index < -0.39 is 0 Å². The molecule has 1 aromatic heterocycles. The van der Waals surface area contributed by atoms with Crippen molar-refractivity contribution in [3.63, 3.8) is 0 Å². The van der Waals surface area contributed by atoms with E-state index in [1.165, 1.54) is 4.88 Å². The topological polar surface area (TPSA) is 55.1 Å². The molecule has 0 aliphatic heterocycles. The fourth-order valence-corrected chi connectivity index (χ4v) is 1.93. The molecule has 3 nitrogen and oxygen atoms in total. The molecule has 1 amide bonds. The zero-order valence-electron chi connectivity index (χ0n) is 9.03. The quantitative estimate of drug-likeness (QED) is 0.773. The van der Waals surface area contributed by atoms with Gasteiger partial charge in [-0.1, -0.05) is 6.07 Å². The lowest BCUT2D eigenvalue weighted by atomic mass is 10.2. The van der Waals surface area contributed by atoms with Crippen molar-refractivity contribution in [2.75, 3.05) is 6.54 Å². The first-order valence-corrected chi connectivity index (χ1v) is 6.11. The lowest BCUT2D eigenvalue weighted by Gasteiger charge is -2.06. The zero-order chi connectivity index (χ0) is 11.1. The van der Waals surface area contributed by atoms with Crippen molar-refractivity contribution in [1.29, 1.82) is 0 Å². The van der Waals surface area contributed by atoms with E-state index in [-0.39, 0.29) is 11.9 Å². The Morgan fingerprint density at radius 3 is 3.07 bits per heavy atom. The van der Waals surface area contributed by atoms with Crippen molar-refractivity contribution in [3.05, 3.63) is 22.4 Å². The summed E-state index contributed by atoms with van der Waals surface area (Å²) in [5.41, 5.74) is 5.58. The van der Waals surface area contributed by atoms with Gasteiger partial charge in [0.15, 0.2) is 0 Å². The van der Waals surface area contributed by atoms with Gasteiger partial charge in [0.2, 0.25) is 5.91 Å². The van der Waals surface area contributed by atoms with Gasteiger partial charge in [-0.2, -0.15) is 0 Å². The van der Waals surface area contributed by atoms with Crippen LogP contribution in [0.2, 0.25) is 0 Å². The molecule has 4 heteroatoms. The molecule has 0 saturated carbocycles. The minimum absolute atomic E-state index is 0.115. The Morgan fingerprint density at radius 1 is 1.67 bits per heavy atom. The Morgan fingerprint density at radius 2 is 2.47 bits per heavy atom. The molecule has 0 saturated heterocycles. The standard InChI is InChI=1S/C11H18N2OS/c1-9(12)6-7-13-11(14)5-4-10-3-2-8-15-10/h2-3,8-9H,4-7,12H2,1H3,(H,13,14). The molecule has 1 heterocycles. The second kappa shape index (κ2) is 6.58. The van der Waals surface area contributed by atoms with Crippen LogP contribution in [-0.4, -0.2) is 18.5 Å². The maximum atomic E-state index is 11.4. The van der Waals surface area contributed by atoms with Gasteiger partial charge in [-0.15, -0.1) is 11.3 Å². The number of thiophene rings is 1.